The molecule has 7 heteroatoms. The molecular weight excluding hydrogens is 350 g/mol. The van der Waals surface area contributed by atoms with Gasteiger partial charge in [-0.3, -0.25) is 4.79 Å². The molecule has 1 aromatic rings. The summed E-state index contributed by atoms with van der Waals surface area (Å²) < 4.78 is 12.3. The lowest BCUT2D eigenvalue weighted by Gasteiger charge is -2.32. The topological polar surface area (TPSA) is 59.6 Å². The van der Waals surface area contributed by atoms with Crippen LogP contribution in [0.2, 0.25) is 0 Å². The third-order valence-electron chi connectivity index (χ3n) is 4.80. The Balaban J connectivity index is 2.15. The molecule has 0 atom stereocenters. The number of halogens is 1. The van der Waals surface area contributed by atoms with E-state index in [0.29, 0.717) is 18.8 Å². The number of anilines is 1. The van der Waals surface area contributed by atoms with E-state index < -0.39 is 7.12 Å². The van der Waals surface area contributed by atoms with Crippen LogP contribution >= 0.6 is 11.6 Å². The lowest BCUT2D eigenvalue weighted by atomic mass is 9.77. The first-order valence-corrected chi connectivity index (χ1v) is 9.38. The van der Waals surface area contributed by atoms with E-state index in [1.54, 1.807) is 0 Å². The van der Waals surface area contributed by atoms with Gasteiger partial charge in [0.2, 0.25) is 5.91 Å². The largest absolute Gasteiger partial charge is 0.491 e. The Morgan fingerprint density at radius 3 is 2.23 bits per heavy atom. The molecule has 1 amide bonds. The number of hydrogen-bond donors (Lipinski definition) is 2. The highest BCUT2D eigenvalue weighted by molar-refractivity contribution is 6.55. The first kappa shape index (κ1) is 21.0. The number of benzene rings is 1. The van der Waals surface area contributed by atoms with Gasteiger partial charge in [0, 0.05) is 24.5 Å². The molecule has 1 aliphatic rings. The molecule has 0 radical (unpaired) electrons. The van der Waals surface area contributed by atoms with E-state index in [1.807, 2.05) is 59.0 Å². The lowest BCUT2D eigenvalue weighted by molar-refractivity contribution is -0.115. The summed E-state index contributed by atoms with van der Waals surface area (Å²) in [5.74, 6) is 0.227. The van der Waals surface area contributed by atoms with Crippen molar-refractivity contribution in [2.75, 3.05) is 24.8 Å². The van der Waals surface area contributed by atoms with Crippen LogP contribution in [0.15, 0.2) is 29.7 Å². The predicted octanol–water partition coefficient (Wildman–Crippen LogP) is 3.49. The Morgan fingerprint density at radius 1 is 1.15 bits per heavy atom. The van der Waals surface area contributed by atoms with E-state index in [2.05, 4.69) is 16.7 Å². The van der Waals surface area contributed by atoms with E-state index in [0.717, 1.165) is 16.7 Å². The SMILES string of the molecule is CNCC(=Cc1ccc(NC(=O)CCCl)cc1)B1OC(C)(C)C(C)(C)O1. The Kier molecular flexibility index (Phi) is 6.91. The fourth-order valence-corrected chi connectivity index (χ4v) is 2.76. The van der Waals surface area contributed by atoms with Crippen LogP contribution in [0.3, 0.4) is 0 Å². The van der Waals surface area contributed by atoms with E-state index in [1.165, 1.54) is 0 Å². The molecule has 2 N–H and O–H groups in total. The average Bonchev–Trinajstić information content (AvgIpc) is 2.77. The Bertz CT molecular complexity index is 643. The standard InChI is InChI=1S/C19H28BClN2O3/c1-18(2)19(3,4)26-20(25-18)15(13-22-5)12-14-6-8-16(9-7-14)23-17(24)10-11-21/h6-9,12,22H,10-11,13H2,1-5H3,(H,23,24). The van der Waals surface area contributed by atoms with Crippen LogP contribution in [0.1, 0.15) is 39.7 Å². The van der Waals surface area contributed by atoms with Gasteiger partial charge in [-0.05, 0) is 57.9 Å². The van der Waals surface area contributed by atoms with Crippen molar-refractivity contribution in [1.82, 2.24) is 5.32 Å². The van der Waals surface area contributed by atoms with Crippen molar-refractivity contribution >= 4 is 36.4 Å². The molecule has 0 spiro atoms. The van der Waals surface area contributed by atoms with Gasteiger partial charge in [0.05, 0.1) is 11.2 Å². The fraction of sp³-hybridized carbons (Fsp3) is 0.526. The first-order valence-electron chi connectivity index (χ1n) is 8.85. The van der Waals surface area contributed by atoms with Gasteiger partial charge in [-0.15, -0.1) is 11.6 Å². The Labute approximate surface area is 161 Å². The summed E-state index contributed by atoms with van der Waals surface area (Å²) in [6.07, 6.45) is 2.36. The maximum Gasteiger partial charge on any atom is 0.491 e. The molecule has 1 heterocycles. The van der Waals surface area contributed by atoms with Crippen molar-refractivity contribution in [3.8, 4) is 0 Å². The second-order valence-electron chi connectivity index (χ2n) is 7.45. The van der Waals surface area contributed by atoms with Crippen LogP contribution in [-0.4, -0.2) is 43.7 Å². The molecule has 2 rings (SSSR count). The van der Waals surface area contributed by atoms with E-state index in [-0.39, 0.29) is 17.1 Å². The van der Waals surface area contributed by atoms with Crippen molar-refractivity contribution < 1.29 is 14.1 Å². The number of alkyl halides is 1. The first-order chi connectivity index (χ1) is 12.2. The number of nitrogens with one attached hydrogen (secondary N) is 2. The molecule has 0 bridgehead atoms. The minimum Gasteiger partial charge on any atom is -0.400 e. The van der Waals surface area contributed by atoms with Gasteiger partial charge in [-0.2, -0.15) is 0 Å². The van der Waals surface area contributed by atoms with Gasteiger partial charge >= 0.3 is 7.12 Å². The fourth-order valence-electron chi connectivity index (χ4n) is 2.59. The molecule has 1 aromatic carbocycles. The molecule has 0 aliphatic carbocycles. The Hall–Kier alpha value is -1.34. The molecule has 1 aliphatic heterocycles. The normalized spacial score (nSPS) is 18.8. The number of hydrogen-bond acceptors (Lipinski definition) is 4. The second-order valence-corrected chi connectivity index (χ2v) is 7.82. The zero-order chi connectivity index (χ0) is 19.4. The van der Waals surface area contributed by atoms with Crippen LogP contribution in [0.4, 0.5) is 5.69 Å². The molecule has 0 aromatic heterocycles. The van der Waals surface area contributed by atoms with Crippen molar-refractivity contribution in [2.24, 2.45) is 0 Å². The van der Waals surface area contributed by atoms with Crippen LogP contribution < -0.4 is 10.6 Å². The zero-order valence-corrected chi connectivity index (χ0v) is 16.9. The monoisotopic (exact) mass is 378 g/mol. The highest BCUT2D eigenvalue weighted by Gasteiger charge is 2.52. The summed E-state index contributed by atoms with van der Waals surface area (Å²) in [4.78, 5) is 11.6. The minimum atomic E-state index is -0.393. The van der Waals surface area contributed by atoms with Crippen LogP contribution in [0.25, 0.3) is 6.08 Å². The lowest BCUT2D eigenvalue weighted by Crippen LogP contribution is -2.41. The van der Waals surface area contributed by atoms with Crippen molar-refractivity contribution in [1.29, 1.82) is 0 Å². The maximum atomic E-state index is 11.6. The smallest absolute Gasteiger partial charge is 0.400 e. The number of amides is 1. The van der Waals surface area contributed by atoms with Crippen LogP contribution in [0, 0.1) is 0 Å². The molecule has 0 saturated carbocycles. The summed E-state index contributed by atoms with van der Waals surface area (Å²) in [5.41, 5.74) is 2.04. The molecule has 1 saturated heterocycles. The minimum absolute atomic E-state index is 0.0867. The third kappa shape index (κ3) is 5.10. The summed E-state index contributed by atoms with van der Waals surface area (Å²) >= 11 is 5.58. The maximum absolute atomic E-state index is 11.6. The molecule has 0 unspecified atom stereocenters. The van der Waals surface area contributed by atoms with Gasteiger partial charge in [-0.1, -0.05) is 18.2 Å². The van der Waals surface area contributed by atoms with E-state index in [4.69, 9.17) is 20.9 Å². The van der Waals surface area contributed by atoms with Gasteiger partial charge in [-0.25, -0.2) is 0 Å². The van der Waals surface area contributed by atoms with Gasteiger partial charge < -0.3 is 19.9 Å². The third-order valence-corrected chi connectivity index (χ3v) is 4.99. The van der Waals surface area contributed by atoms with Crippen molar-refractivity contribution in [2.45, 2.75) is 45.3 Å². The van der Waals surface area contributed by atoms with Crippen molar-refractivity contribution in [3.05, 3.63) is 35.3 Å². The van der Waals surface area contributed by atoms with Gasteiger partial charge in [0.15, 0.2) is 0 Å². The quantitative estimate of drug-likeness (QED) is 0.563. The van der Waals surface area contributed by atoms with Gasteiger partial charge in [0.1, 0.15) is 0 Å². The number of carbonyl (C=O) groups excluding carboxylic acids is 1. The van der Waals surface area contributed by atoms with Gasteiger partial charge in [0.25, 0.3) is 0 Å². The predicted molar refractivity (Wildman–Crippen MR) is 108 cm³/mol. The average molecular weight is 379 g/mol. The summed E-state index contributed by atoms with van der Waals surface area (Å²) in [6.45, 7) is 8.83. The number of carbonyl (C=O) groups is 1. The zero-order valence-electron chi connectivity index (χ0n) is 16.2. The number of rotatable bonds is 7. The van der Waals surface area contributed by atoms with Crippen LogP contribution in [0.5, 0.6) is 0 Å². The highest BCUT2D eigenvalue weighted by Crippen LogP contribution is 2.38. The molecule has 1 fully saturated rings. The summed E-state index contributed by atoms with van der Waals surface area (Å²) in [5, 5.41) is 5.99. The molecule has 26 heavy (non-hydrogen) atoms. The Morgan fingerprint density at radius 2 is 1.73 bits per heavy atom. The number of likely N-dealkylation sites (N-methyl/N-ethyl adjacent to an activating group) is 1. The van der Waals surface area contributed by atoms with Crippen molar-refractivity contribution in [3.63, 3.8) is 0 Å². The molecular formula is C19H28BClN2O3. The second kappa shape index (κ2) is 8.57. The molecule has 5 nitrogen and oxygen atoms in total. The summed E-state index contributed by atoms with van der Waals surface area (Å²) in [7, 11) is 1.50. The summed E-state index contributed by atoms with van der Waals surface area (Å²) in [6, 6.07) is 7.66. The van der Waals surface area contributed by atoms with Crippen LogP contribution in [-0.2, 0) is 14.1 Å². The van der Waals surface area contributed by atoms with E-state index >= 15 is 0 Å². The molecule has 142 valence electrons. The highest BCUT2D eigenvalue weighted by atomic mass is 35.5. The van der Waals surface area contributed by atoms with E-state index in [9.17, 15) is 4.79 Å².